The van der Waals surface area contributed by atoms with Gasteiger partial charge in [-0.05, 0) is 62.8 Å². The number of hydrogen-bond donors (Lipinski definition) is 1. The summed E-state index contributed by atoms with van der Waals surface area (Å²) >= 11 is 0. The molecule has 18 heavy (non-hydrogen) atoms. The van der Waals surface area contributed by atoms with E-state index in [4.69, 9.17) is 4.74 Å². The minimum Gasteiger partial charge on any atom is -0.379 e. The molecule has 2 aliphatic rings. The van der Waals surface area contributed by atoms with E-state index in [1.165, 1.54) is 19.3 Å². The maximum absolute atomic E-state index is 5.61. The Hall–Kier alpha value is -0.0800. The van der Waals surface area contributed by atoms with Crippen molar-refractivity contribution in [2.75, 3.05) is 13.2 Å². The van der Waals surface area contributed by atoms with Crippen molar-refractivity contribution in [2.24, 2.45) is 16.7 Å². The zero-order valence-corrected chi connectivity index (χ0v) is 12.9. The third-order valence-electron chi connectivity index (χ3n) is 5.39. The summed E-state index contributed by atoms with van der Waals surface area (Å²) in [4.78, 5) is 0. The van der Waals surface area contributed by atoms with E-state index < -0.39 is 0 Å². The van der Waals surface area contributed by atoms with Crippen LogP contribution in [0.1, 0.15) is 60.3 Å². The van der Waals surface area contributed by atoms with Crippen LogP contribution in [-0.2, 0) is 4.74 Å². The van der Waals surface area contributed by atoms with Crippen molar-refractivity contribution >= 4 is 0 Å². The van der Waals surface area contributed by atoms with Crippen LogP contribution in [-0.4, -0.2) is 25.3 Å². The van der Waals surface area contributed by atoms with Crippen LogP contribution in [0.25, 0.3) is 0 Å². The molecule has 106 valence electrons. The van der Waals surface area contributed by atoms with Crippen LogP contribution >= 0.6 is 0 Å². The predicted molar refractivity (Wildman–Crippen MR) is 76.7 cm³/mol. The highest BCUT2D eigenvalue weighted by molar-refractivity contribution is 5.11. The molecule has 2 fully saturated rings. The third kappa shape index (κ3) is 2.60. The van der Waals surface area contributed by atoms with Crippen molar-refractivity contribution in [3.63, 3.8) is 0 Å². The van der Waals surface area contributed by atoms with E-state index >= 15 is 0 Å². The number of ether oxygens (including phenoxy) is 1. The fraction of sp³-hybridized carbons (Fsp3) is 1.00. The van der Waals surface area contributed by atoms with Gasteiger partial charge in [-0.2, -0.15) is 0 Å². The summed E-state index contributed by atoms with van der Waals surface area (Å²) in [5.41, 5.74) is 1.03. The van der Waals surface area contributed by atoms with E-state index in [-0.39, 0.29) is 0 Å². The number of fused-ring (bicyclic) bond motifs is 2. The predicted octanol–water partition coefficient (Wildman–Crippen LogP) is 3.61. The van der Waals surface area contributed by atoms with Crippen LogP contribution in [0, 0.1) is 16.7 Å². The molecule has 0 amide bonds. The van der Waals surface area contributed by atoms with Gasteiger partial charge >= 0.3 is 0 Å². The highest BCUT2D eigenvalue weighted by Gasteiger charge is 2.58. The zero-order valence-electron chi connectivity index (χ0n) is 12.9. The summed E-state index contributed by atoms with van der Waals surface area (Å²) in [5, 5.41) is 3.84. The average Bonchev–Trinajstić information content (AvgIpc) is 2.72. The standard InChI is InChI=1S/C16H31NO/c1-12(2)18-10-6-9-17-14-15(3,4)13-7-8-16(14,5)11-13/h12-14,17H,6-11H2,1-5H3. The van der Waals surface area contributed by atoms with Crippen molar-refractivity contribution in [1.82, 2.24) is 5.32 Å². The van der Waals surface area contributed by atoms with E-state index in [0.29, 0.717) is 23.0 Å². The second-order valence-corrected chi connectivity index (χ2v) is 7.58. The Kier molecular flexibility index (Phi) is 4.08. The normalized spacial score (nSPS) is 37.7. The maximum atomic E-state index is 5.61. The topological polar surface area (TPSA) is 21.3 Å². The molecule has 2 bridgehead atoms. The first-order chi connectivity index (χ1) is 8.36. The van der Waals surface area contributed by atoms with Gasteiger partial charge in [-0.25, -0.2) is 0 Å². The molecule has 3 unspecified atom stereocenters. The molecular weight excluding hydrogens is 222 g/mol. The molecule has 0 spiro atoms. The van der Waals surface area contributed by atoms with Crippen LogP contribution in [0.3, 0.4) is 0 Å². The van der Waals surface area contributed by atoms with Gasteiger partial charge in [0.25, 0.3) is 0 Å². The Bertz CT molecular complexity index is 282. The molecule has 2 heteroatoms. The highest BCUT2D eigenvalue weighted by atomic mass is 16.5. The molecule has 2 aliphatic carbocycles. The van der Waals surface area contributed by atoms with Crippen molar-refractivity contribution in [1.29, 1.82) is 0 Å². The smallest absolute Gasteiger partial charge is 0.0518 e. The van der Waals surface area contributed by atoms with Gasteiger partial charge in [0.1, 0.15) is 0 Å². The van der Waals surface area contributed by atoms with Crippen LogP contribution < -0.4 is 5.32 Å². The molecule has 0 aromatic carbocycles. The van der Waals surface area contributed by atoms with Gasteiger partial charge in [0.15, 0.2) is 0 Å². The maximum Gasteiger partial charge on any atom is 0.0518 e. The first-order valence-electron chi connectivity index (χ1n) is 7.71. The number of rotatable bonds is 6. The summed E-state index contributed by atoms with van der Waals surface area (Å²) in [6.07, 6.45) is 5.78. The lowest BCUT2D eigenvalue weighted by molar-refractivity contribution is 0.0702. The lowest BCUT2D eigenvalue weighted by Crippen LogP contribution is -2.50. The molecule has 0 aromatic heterocycles. The first kappa shape index (κ1) is 14.3. The van der Waals surface area contributed by atoms with Gasteiger partial charge in [-0.1, -0.05) is 20.8 Å². The summed E-state index contributed by atoms with van der Waals surface area (Å²) in [7, 11) is 0. The summed E-state index contributed by atoms with van der Waals surface area (Å²) in [6.45, 7) is 13.6. The van der Waals surface area contributed by atoms with Gasteiger partial charge in [0.05, 0.1) is 6.10 Å². The van der Waals surface area contributed by atoms with Gasteiger partial charge in [-0.15, -0.1) is 0 Å². The monoisotopic (exact) mass is 253 g/mol. The van der Waals surface area contributed by atoms with Crippen LogP contribution in [0.5, 0.6) is 0 Å². The van der Waals surface area contributed by atoms with E-state index in [1.54, 1.807) is 0 Å². The fourth-order valence-electron chi connectivity index (χ4n) is 4.45. The van der Waals surface area contributed by atoms with Crippen molar-refractivity contribution in [2.45, 2.75) is 72.4 Å². The van der Waals surface area contributed by atoms with E-state index in [9.17, 15) is 0 Å². The summed E-state index contributed by atoms with van der Waals surface area (Å²) in [5.74, 6) is 0.937. The van der Waals surface area contributed by atoms with Crippen LogP contribution in [0.2, 0.25) is 0 Å². The Morgan fingerprint density at radius 2 is 2.00 bits per heavy atom. The zero-order chi connectivity index (χ0) is 13.4. The molecule has 0 heterocycles. The Morgan fingerprint density at radius 3 is 2.56 bits per heavy atom. The minimum absolute atomic E-state index is 0.362. The fourth-order valence-corrected chi connectivity index (χ4v) is 4.45. The highest BCUT2D eigenvalue weighted by Crippen LogP contribution is 2.62. The van der Waals surface area contributed by atoms with Crippen LogP contribution in [0.15, 0.2) is 0 Å². The second-order valence-electron chi connectivity index (χ2n) is 7.58. The SMILES string of the molecule is CC(C)OCCCNC1C2(C)CCC(C2)C1(C)C. The third-order valence-corrected chi connectivity index (χ3v) is 5.39. The quantitative estimate of drug-likeness (QED) is 0.730. The second kappa shape index (κ2) is 5.13. The molecule has 0 aliphatic heterocycles. The summed E-state index contributed by atoms with van der Waals surface area (Å²) in [6, 6.07) is 0.697. The number of hydrogen-bond acceptors (Lipinski definition) is 2. The molecule has 2 rings (SSSR count). The van der Waals surface area contributed by atoms with Crippen molar-refractivity contribution in [3.05, 3.63) is 0 Å². The van der Waals surface area contributed by atoms with Gasteiger partial charge in [0, 0.05) is 12.6 Å². The molecule has 3 atom stereocenters. The minimum atomic E-state index is 0.362. The lowest BCUT2D eigenvalue weighted by atomic mass is 9.68. The molecule has 1 N–H and O–H groups in total. The largest absolute Gasteiger partial charge is 0.379 e. The molecular formula is C16H31NO. The van der Waals surface area contributed by atoms with Crippen molar-refractivity contribution < 1.29 is 4.74 Å². The Balaban J connectivity index is 1.78. The molecule has 0 radical (unpaired) electrons. The van der Waals surface area contributed by atoms with E-state index in [1.807, 2.05) is 0 Å². The average molecular weight is 253 g/mol. The molecule has 0 aromatic rings. The first-order valence-corrected chi connectivity index (χ1v) is 7.71. The molecule has 2 nitrogen and oxygen atoms in total. The van der Waals surface area contributed by atoms with Crippen LogP contribution in [0.4, 0.5) is 0 Å². The Morgan fingerprint density at radius 1 is 1.28 bits per heavy atom. The lowest BCUT2D eigenvalue weighted by Gasteiger charge is -2.43. The molecule has 0 saturated heterocycles. The van der Waals surface area contributed by atoms with Gasteiger partial charge in [-0.3, -0.25) is 0 Å². The Labute approximate surface area is 113 Å². The summed E-state index contributed by atoms with van der Waals surface area (Å²) < 4.78 is 5.61. The van der Waals surface area contributed by atoms with Crippen molar-refractivity contribution in [3.8, 4) is 0 Å². The van der Waals surface area contributed by atoms with E-state index in [2.05, 4.69) is 39.9 Å². The van der Waals surface area contributed by atoms with Gasteiger partial charge < -0.3 is 10.1 Å². The number of nitrogens with one attached hydrogen (secondary N) is 1. The molecule has 2 saturated carbocycles. The van der Waals surface area contributed by atoms with Gasteiger partial charge in [0.2, 0.25) is 0 Å². The van der Waals surface area contributed by atoms with E-state index in [0.717, 1.165) is 25.5 Å².